The molecule has 10 nitrogen and oxygen atoms in total. The van der Waals surface area contributed by atoms with Gasteiger partial charge >= 0.3 is 0 Å². The number of carbonyl (C=O) groups is 5. The van der Waals surface area contributed by atoms with Gasteiger partial charge in [-0.1, -0.05) is 0 Å². The summed E-state index contributed by atoms with van der Waals surface area (Å²) in [5, 5.41) is 21.9. The fourth-order valence-corrected chi connectivity index (χ4v) is 6.01. The molecule has 1 aromatic carbocycles. The average Bonchev–Trinajstić information content (AvgIpc) is 2.70. The summed E-state index contributed by atoms with van der Waals surface area (Å²) >= 11 is 0. The van der Waals surface area contributed by atoms with Crippen LogP contribution in [0.15, 0.2) is 12.1 Å². The molecule has 3 aliphatic carbocycles. The molecule has 3 aliphatic rings. The molecule has 2 fully saturated rings. The van der Waals surface area contributed by atoms with Gasteiger partial charge in [-0.3, -0.25) is 28.9 Å². The number of likely N-dealkylation sites (N-methyl/N-ethyl adjacent to an activating group) is 1. The van der Waals surface area contributed by atoms with Crippen molar-refractivity contribution in [3.63, 3.8) is 0 Å². The molecule has 0 spiro atoms. The number of Topliss-reactive ketones (excluding diaryl/α,β-unsaturated/α-hetero) is 4. The molecule has 4 unspecified atom stereocenters. The molecule has 0 aromatic heterocycles. The number of hydrogen-bond acceptors (Lipinski definition) is 9. The predicted octanol–water partition coefficient (Wildman–Crippen LogP) is -0.645. The number of anilines is 1. The summed E-state index contributed by atoms with van der Waals surface area (Å²) in [4.78, 5) is 68.6. The summed E-state index contributed by atoms with van der Waals surface area (Å²) < 4.78 is 0. The van der Waals surface area contributed by atoms with Crippen molar-refractivity contribution in [2.75, 3.05) is 33.1 Å². The number of benzene rings is 1. The van der Waals surface area contributed by atoms with Gasteiger partial charge in [0, 0.05) is 25.7 Å². The Bertz CT molecular complexity index is 1120. The Hall–Kier alpha value is -2.82. The molecule has 0 heterocycles. The Morgan fingerprint density at radius 2 is 1.71 bits per heavy atom. The van der Waals surface area contributed by atoms with E-state index in [0.29, 0.717) is 11.3 Å². The molecular weight excluding hydrogens is 466 g/mol. The Balaban J connectivity index is 0.00000324. The molecule has 0 aliphatic heterocycles. The fraction of sp³-hybridized carbons (Fsp3) is 0.522. The van der Waals surface area contributed by atoms with Crippen molar-refractivity contribution in [3.05, 3.63) is 23.3 Å². The van der Waals surface area contributed by atoms with Gasteiger partial charge in [0.1, 0.15) is 5.75 Å². The molecule has 184 valence electrons. The third kappa shape index (κ3) is 3.27. The van der Waals surface area contributed by atoms with E-state index in [4.69, 9.17) is 5.73 Å². The molecule has 2 saturated carbocycles. The van der Waals surface area contributed by atoms with E-state index in [0.717, 1.165) is 0 Å². The average molecular weight is 494 g/mol. The van der Waals surface area contributed by atoms with Gasteiger partial charge in [-0.2, -0.15) is 0 Å². The van der Waals surface area contributed by atoms with Crippen LogP contribution in [-0.4, -0.2) is 84.0 Å². The van der Waals surface area contributed by atoms with Crippen LogP contribution in [0.25, 0.3) is 0 Å². The SMILES string of the molecule is CN(C)c1ccc(O)c2c1CC1CC3[C@@H](N(C)C)C(=O)C(C(N)=O)C(=O)[C@]3(O)C(=O)C1C2=O.Cl. The van der Waals surface area contributed by atoms with Crippen LogP contribution in [-0.2, 0) is 25.6 Å². The van der Waals surface area contributed by atoms with Gasteiger partial charge in [0.15, 0.2) is 34.7 Å². The van der Waals surface area contributed by atoms with Gasteiger partial charge < -0.3 is 20.8 Å². The van der Waals surface area contributed by atoms with E-state index in [9.17, 15) is 34.2 Å². The molecule has 34 heavy (non-hydrogen) atoms. The van der Waals surface area contributed by atoms with Gasteiger partial charge in [0.25, 0.3) is 0 Å². The number of halogens is 1. The van der Waals surface area contributed by atoms with Crippen LogP contribution in [0.2, 0.25) is 0 Å². The topological polar surface area (TPSA) is 158 Å². The van der Waals surface area contributed by atoms with Crippen molar-refractivity contribution in [2.45, 2.75) is 24.5 Å². The van der Waals surface area contributed by atoms with Crippen LogP contribution in [0.4, 0.5) is 5.69 Å². The van der Waals surface area contributed by atoms with E-state index in [-0.39, 0.29) is 36.6 Å². The maximum atomic E-state index is 13.7. The van der Waals surface area contributed by atoms with E-state index in [2.05, 4.69) is 0 Å². The quantitative estimate of drug-likeness (QED) is 0.465. The number of ketones is 4. The number of rotatable bonds is 3. The van der Waals surface area contributed by atoms with E-state index in [1.54, 1.807) is 39.2 Å². The number of phenolic OH excluding ortho intramolecular Hbond substituents is 1. The monoisotopic (exact) mass is 493 g/mol. The number of amides is 1. The lowest BCUT2D eigenvalue weighted by atomic mass is 9.52. The van der Waals surface area contributed by atoms with E-state index in [1.165, 1.54) is 11.0 Å². The first-order chi connectivity index (χ1) is 15.3. The van der Waals surface area contributed by atoms with Crippen molar-refractivity contribution >= 4 is 47.1 Å². The summed E-state index contributed by atoms with van der Waals surface area (Å²) in [6.07, 6.45) is 0.278. The van der Waals surface area contributed by atoms with Gasteiger partial charge in [0.05, 0.1) is 17.5 Å². The third-order valence-corrected chi connectivity index (χ3v) is 7.40. The molecule has 6 atom stereocenters. The van der Waals surface area contributed by atoms with Crippen LogP contribution < -0.4 is 10.6 Å². The number of aromatic hydroxyl groups is 1. The highest BCUT2D eigenvalue weighted by Crippen LogP contribution is 2.51. The predicted molar refractivity (Wildman–Crippen MR) is 123 cm³/mol. The molecule has 11 heteroatoms. The minimum atomic E-state index is -2.70. The Labute approximate surface area is 202 Å². The van der Waals surface area contributed by atoms with Crippen molar-refractivity contribution in [1.29, 1.82) is 0 Å². The van der Waals surface area contributed by atoms with Crippen LogP contribution in [0.3, 0.4) is 0 Å². The van der Waals surface area contributed by atoms with Gasteiger partial charge in [-0.15, -0.1) is 12.4 Å². The summed E-state index contributed by atoms with van der Waals surface area (Å²) in [6.45, 7) is 0. The zero-order valence-corrected chi connectivity index (χ0v) is 20.1. The summed E-state index contributed by atoms with van der Waals surface area (Å²) in [6, 6.07) is 1.94. The number of fused-ring (bicyclic) bond motifs is 3. The smallest absolute Gasteiger partial charge is 0.235 e. The number of phenols is 1. The van der Waals surface area contributed by atoms with Crippen LogP contribution >= 0.6 is 12.4 Å². The molecular formula is C23H28ClN3O7. The first kappa shape index (κ1) is 25.8. The number of carbonyl (C=O) groups excluding carboxylic acids is 5. The van der Waals surface area contributed by atoms with Crippen molar-refractivity contribution in [3.8, 4) is 5.75 Å². The first-order valence-electron chi connectivity index (χ1n) is 10.7. The number of nitrogens with two attached hydrogens (primary N) is 1. The number of hydrogen-bond donors (Lipinski definition) is 3. The zero-order valence-electron chi connectivity index (χ0n) is 19.3. The lowest BCUT2D eigenvalue weighted by molar-refractivity contribution is -0.181. The number of aliphatic hydroxyl groups is 1. The molecule has 1 amide bonds. The van der Waals surface area contributed by atoms with Crippen molar-refractivity contribution in [2.24, 2.45) is 29.4 Å². The van der Waals surface area contributed by atoms with Crippen LogP contribution in [0.1, 0.15) is 22.3 Å². The summed E-state index contributed by atoms with van der Waals surface area (Å²) in [5.74, 6) is -10.3. The largest absolute Gasteiger partial charge is 0.507 e. The molecule has 4 rings (SSSR count). The Morgan fingerprint density at radius 3 is 2.24 bits per heavy atom. The minimum Gasteiger partial charge on any atom is -0.507 e. The summed E-state index contributed by atoms with van der Waals surface area (Å²) in [5.41, 5.74) is 3.87. The zero-order chi connectivity index (χ0) is 24.6. The standard InChI is InChI=1S/C23H27N3O7.ClH/c1-25(2)12-5-6-13(27)15-10(12)7-9-8-11-17(26(3)4)19(29)16(22(24)32)21(31)23(11,33)20(30)14(9)18(15)28;/h5-6,9,11,14,16-17,27,33H,7-8H2,1-4H3,(H2,24,32);1H/t9?,11?,14?,16?,17-,23-;/m1./s1. The van der Waals surface area contributed by atoms with E-state index < -0.39 is 64.4 Å². The molecule has 4 N–H and O–H groups in total. The number of primary amides is 1. The van der Waals surface area contributed by atoms with Crippen molar-refractivity contribution in [1.82, 2.24) is 4.90 Å². The van der Waals surface area contributed by atoms with Crippen molar-refractivity contribution < 1.29 is 34.2 Å². The number of nitrogens with zero attached hydrogens (tertiary/aromatic N) is 2. The maximum Gasteiger partial charge on any atom is 0.235 e. The first-order valence-corrected chi connectivity index (χ1v) is 10.7. The van der Waals surface area contributed by atoms with E-state index in [1.807, 2.05) is 0 Å². The highest BCUT2D eigenvalue weighted by molar-refractivity contribution is 6.32. The second-order valence-corrected chi connectivity index (χ2v) is 9.64. The lowest BCUT2D eigenvalue weighted by Gasteiger charge is -2.52. The summed E-state index contributed by atoms with van der Waals surface area (Å²) in [7, 11) is 6.69. The maximum absolute atomic E-state index is 13.7. The van der Waals surface area contributed by atoms with E-state index >= 15 is 0 Å². The lowest BCUT2D eigenvalue weighted by Crippen LogP contribution is -2.74. The van der Waals surface area contributed by atoms with Gasteiger partial charge in [0.2, 0.25) is 5.91 Å². The Kier molecular flexibility index (Phi) is 6.40. The van der Waals surface area contributed by atoms with Gasteiger partial charge in [-0.05, 0) is 50.6 Å². The molecule has 0 saturated heterocycles. The van der Waals surface area contributed by atoms with Crippen LogP contribution in [0, 0.1) is 23.7 Å². The minimum absolute atomic E-state index is 0. The molecule has 0 radical (unpaired) electrons. The normalized spacial score (nSPS) is 32.5. The molecule has 0 bridgehead atoms. The highest BCUT2D eigenvalue weighted by Gasteiger charge is 2.69. The second-order valence-electron chi connectivity index (χ2n) is 9.64. The second kappa shape index (κ2) is 8.44. The van der Waals surface area contributed by atoms with Gasteiger partial charge in [-0.25, -0.2) is 0 Å². The molecule has 1 aromatic rings. The Morgan fingerprint density at radius 1 is 1.09 bits per heavy atom. The van der Waals surface area contributed by atoms with Crippen LogP contribution in [0.5, 0.6) is 5.75 Å². The fourth-order valence-electron chi connectivity index (χ4n) is 6.01. The third-order valence-electron chi connectivity index (χ3n) is 7.40. The highest BCUT2D eigenvalue weighted by atomic mass is 35.5.